The predicted octanol–water partition coefficient (Wildman–Crippen LogP) is 5.15. The number of carbonyl (C=O) groups excluding carboxylic acids is 1. The Labute approximate surface area is 187 Å². The summed E-state index contributed by atoms with van der Waals surface area (Å²) in [6.45, 7) is 0.520. The Kier molecular flexibility index (Phi) is 5.29. The maximum absolute atomic E-state index is 13.2. The summed E-state index contributed by atoms with van der Waals surface area (Å²) in [5, 5.41) is 0.749. The fourth-order valence-electron chi connectivity index (χ4n) is 3.52. The smallest absolute Gasteiger partial charge is 0.235 e. The number of rotatable bonds is 5. The first-order chi connectivity index (χ1) is 15.6. The van der Waals surface area contributed by atoms with Crippen LogP contribution in [-0.2, 0) is 0 Å². The molecule has 0 amide bonds. The van der Waals surface area contributed by atoms with Crippen LogP contribution in [0.5, 0.6) is 17.2 Å². The minimum Gasteiger partial charge on any atom is -0.486 e. The third-order valence-corrected chi connectivity index (χ3v) is 5.42. The Morgan fingerprint density at radius 1 is 0.938 bits per heavy atom. The topological polar surface area (TPSA) is 75.0 Å². The summed E-state index contributed by atoms with van der Waals surface area (Å²) >= 11 is 6.35. The van der Waals surface area contributed by atoms with E-state index in [9.17, 15) is 9.59 Å². The lowest BCUT2D eigenvalue weighted by atomic mass is 10.1. The number of carbonyl (C=O) groups is 1. The summed E-state index contributed by atoms with van der Waals surface area (Å²) in [6, 6.07) is 18.7. The molecule has 0 atom stereocenters. The number of para-hydroxylation sites is 1. The van der Waals surface area contributed by atoms with Crippen LogP contribution in [0.1, 0.15) is 10.4 Å². The zero-order chi connectivity index (χ0) is 22.1. The van der Waals surface area contributed by atoms with Crippen LogP contribution in [0.3, 0.4) is 0 Å². The van der Waals surface area contributed by atoms with Gasteiger partial charge in [-0.15, -0.1) is 0 Å². The van der Waals surface area contributed by atoms with Crippen molar-refractivity contribution in [2.75, 3.05) is 19.8 Å². The fourth-order valence-corrected chi connectivity index (χ4v) is 3.74. The maximum Gasteiger partial charge on any atom is 0.235 e. The Bertz CT molecular complexity index is 1390. The van der Waals surface area contributed by atoms with Crippen molar-refractivity contribution in [1.82, 2.24) is 0 Å². The van der Waals surface area contributed by atoms with Gasteiger partial charge in [-0.25, -0.2) is 0 Å². The number of hydrogen-bond donors (Lipinski definition) is 0. The largest absolute Gasteiger partial charge is 0.486 e. The molecule has 160 valence electrons. The summed E-state index contributed by atoms with van der Waals surface area (Å²) in [5.74, 6) is 0.880. The molecule has 0 radical (unpaired) electrons. The van der Waals surface area contributed by atoms with Crippen molar-refractivity contribution in [2.45, 2.75) is 0 Å². The van der Waals surface area contributed by atoms with Gasteiger partial charge in [0.2, 0.25) is 11.2 Å². The Morgan fingerprint density at radius 3 is 2.53 bits per heavy atom. The molecule has 0 aliphatic carbocycles. The number of Topliss-reactive ketones (excluding diaryl/α,β-unsaturated/α-hetero) is 1. The highest BCUT2D eigenvalue weighted by Gasteiger charge is 2.21. The quantitative estimate of drug-likeness (QED) is 0.393. The molecule has 1 aliphatic rings. The number of hydrogen-bond acceptors (Lipinski definition) is 6. The zero-order valence-corrected chi connectivity index (χ0v) is 17.6. The third-order valence-electron chi connectivity index (χ3n) is 5.09. The summed E-state index contributed by atoms with van der Waals surface area (Å²) in [7, 11) is 0. The third kappa shape index (κ3) is 3.69. The minimum absolute atomic E-state index is 0.0670. The predicted molar refractivity (Wildman–Crippen MR) is 120 cm³/mol. The Morgan fingerprint density at radius 2 is 1.69 bits per heavy atom. The van der Waals surface area contributed by atoms with Crippen LogP contribution in [0.25, 0.3) is 22.3 Å². The molecule has 0 saturated heterocycles. The number of ether oxygens (including phenoxy) is 3. The van der Waals surface area contributed by atoms with Crippen molar-refractivity contribution >= 4 is 28.4 Å². The average Bonchev–Trinajstić information content (AvgIpc) is 2.83. The first kappa shape index (κ1) is 20.2. The molecule has 7 heteroatoms. The molecule has 6 nitrogen and oxygen atoms in total. The van der Waals surface area contributed by atoms with Gasteiger partial charge in [0.1, 0.15) is 18.8 Å². The second-order valence-corrected chi connectivity index (χ2v) is 7.54. The molecule has 0 bridgehead atoms. The van der Waals surface area contributed by atoms with Crippen LogP contribution in [0.2, 0.25) is 5.02 Å². The average molecular weight is 449 g/mol. The molecule has 1 aliphatic heterocycles. The molecule has 0 saturated carbocycles. The van der Waals surface area contributed by atoms with Crippen LogP contribution < -0.4 is 19.6 Å². The minimum atomic E-state index is -0.378. The van der Waals surface area contributed by atoms with Gasteiger partial charge in [0.15, 0.2) is 29.6 Å². The van der Waals surface area contributed by atoms with Crippen LogP contribution in [0.15, 0.2) is 75.9 Å². The number of ketones is 1. The highest BCUT2D eigenvalue weighted by Crippen LogP contribution is 2.35. The van der Waals surface area contributed by atoms with Crippen molar-refractivity contribution in [2.24, 2.45) is 0 Å². The van der Waals surface area contributed by atoms with E-state index in [-0.39, 0.29) is 29.3 Å². The standard InChI is InChI=1S/C25H17ClO6/c26-18-7-3-1-5-16(18)24-25(23(28)17-6-2-4-8-20(17)32-24)31-14-19(27)15-9-10-21-22(13-15)30-12-11-29-21/h1-10,13H,11-12,14H2. The normalized spacial score (nSPS) is 12.5. The molecule has 0 N–H and O–H groups in total. The summed E-state index contributed by atoms with van der Waals surface area (Å²) in [6.07, 6.45) is 0. The van der Waals surface area contributed by atoms with Gasteiger partial charge in [-0.2, -0.15) is 0 Å². The van der Waals surface area contributed by atoms with Gasteiger partial charge in [-0.3, -0.25) is 9.59 Å². The lowest BCUT2D eigenvalue weighted by molar-refractivity contribution is 0.0919. The lowest BCUT2D eigenvalue weighted by Crippen LogP contribution is -2.18. The van der Waals surface area contributed by atoms with E-state index < -0.39 is 0 Å². The van der Waals surface area contributed by atoms with Crippen molar-refractivity contribution in [3.05, 3.63) is 87.5 Å². The monoisotopic (exact) mass is 448 g/mol. The molecular weight excluding hydrogens is 432 g/mol. The van der Waals surface area contributed by atoms with Crippen LogP contribution in [0, 0.1) is 0 Å². The SMILES string of the molecule is O=C(COc1c(-c2ccccc2Cl)oc2ccccc2c1=O)c1ccc2c(c1)OCCO2. The van der Waals surface area contributed by atoms with E-state index in [1.807, 2.05) is 0 Å². The van der Waals surface area contributed by atoms with E-state index >= 15 is 0 Å². The highest BCUT2D eigenvalue weighted by molar-refractivity contribution is 6.33. The van der Waals surface area contributed by atoms with Gasteiger partial charge in [0, 0.05) is 11.1 Å². The molecule has 5 rings (SSSR count). The molecule has 0 spiro atoms. The van der Waals surface area contributed by atoms with E-state index in [4.69, 9.17) is 30.2 Å². The summed E-state index contributed by atoms with van der Waals surface area (Å²) in [5.41, 5.74) is 0.909. The summed E-state index contributed by atoms with van der Waals surface area (Å²) in [4.78, 5) is 26.0. The van der Waals surface area contributed by atoms with Gasteiger partial charge < -0.3 is 18.6 Å². The zero-order valence-electron chi connectivity index (χ0n) is 16.8. The Hall–Kier alpha value is -3.77. The van der Waals surface area contributed by atoms with E-state index in [1.54, 1.807) is 66.7 Å². The van der Waals surface area contributed by atoms with Crippen molar-refractivity contribution < 1.29 is 23.4 Å². The van der Waals surface area contributed by atoms with Crippen LogP contribution in [-0.4, -0.2) is 25.6 Å². The van der Waals surface area contributed by atoms with Crippen molar-refractivity contribution in [3.8, 4) is 28.6 Å². The van der Waals surface area contributed by atoms with Crippen molar-refractivity contribution in [3.63, 3.8) is 0 Å². The number of halogens is 1. The number of fused-ring (bicyclic) bond motifs is 2. The molecule has 3 aromatic carbocycles. The molecule has 0 fully saturated rings. The van der Waals surface area contributed by atoms with E-state index in [2.05, 4.69) is 0 Å². The van der Waals surface area contributed by atoms with E-state index in [1.165, 1.54) is 0 Å². The fraction of sp³-hybridized carbons (Fsp3) is 0.120. The molecule has 32 heavy (non-hydrogen) atoms. The van der Waals surface area contributed by atoms with Crippen LogP contribution >= 0.6 is 11.6 Å². The highest BCUT2D eigenvalue weighted by atomic mass is 35.5. The second kappa shape index (κ2) is 8.40. The van der Waals surface area contributed by atoms with Gasteiger partial charge in [-0.05, 0) is 42.5 Å². The second-order valence-electron chi connectivity index (χ2n) is 7.14. The summed E-state index contributed by atoms with van der Waals surface area (Å²) < 4.78 is 22.8. The first-order valence-electron chi connectivity index (χ1n) is 9.98. The van der Waals surface area contributed by atoms with Crippen LogP contribution in [0.4, 0.5) is 0 Å². The van der Waals surface area contributed by atoms with Gasteiger partial charge in [0.05, 0.1) is 10.4 Å². The first-order valence-corrected chi connectivity index (χ1v) is 10.4. The van der Waals surface area contributed by atoms with Crippen molar-refractivity contribution in [1.29, 1.82) is 0 Å². The van der Waals surface area contributed by atoms with Gasteiger partial charge >= 0.3 is 0 Å². The molecule has 2 heterocycles. The maximum atomic E-state index is 13.2. The van der Waals surface area contributed by atoms with E-state index in [0.717, 1.165) is 0 Å². The Balaban J connectivity index is 1.51. The molecule has 1 aromatic heterocycles. The van der Waals surface area contributed by atoms with Gasteiger partial charge in [-0.1, -0.05) is 35.9 Å². The molecule has 4 aromatic rings. The lowest BCUT2D eigenvalue weighted by Gasteiger charge is -2.18. The number of benzene rings is 3. The molecule has 0 unspecified atom stereocenters. The molecular formula is C25H17ClO6. The van der Waals surface area contributed by atoms with E-state index in [0.29, 0.717) is 51.8 Å². The van der Waals surface area contributed by atoms with Gasteiger partial charge in [0.25, 0.3) is 0 Å².